The summed E-state index contributed by atoms with van der Waals surface area (Å²) in [4.78, 5) is 17.1. The van der Waals surface area contributed by atoms with Gasteiger partial charge in [0.25, 0.3) is 0 Å². The van der Waals surface area contributed by atoms with Crippen LogP contribution < -0.4 is 12.4 Å². The number of esters is 1. The van der Waals surface area contributed by atoms with Crippen LogP contribution in [-0.2, 0) is 4.74 Å². The number of ether oxygens (including phenoxy) is 1. The Hall–Kier alpha value is -1.81. The van der Waals surface area contributed by atoms with E-state index in [1.807, 2.05) is 24.3 Å². The number of halogens is 3. The molecule has 0 aliphatic rings. The van der Waals surface area contributed by atoms with Crippen LogP contribution in [0.25, 0.3) is 22.0 Å². The van der Waals surface area contributed by atoms with Crippen molar-refractivity contribution in [1.29, 1.82) is 0 Å². The molecule has 6 heteroatoms. The van der Waals surface area contributed by atoms with Crippen LogP contribution in [0.1, 0.15) is 23.0 Å². The number of pyridine rings is 1. The smallest absolute Gasteiger partial charge is 0.340 e. The van der Waals surface area contributed by atoms with Crippen LogP contribution >= 0.6 is 23.2 Å². The molecular weight excluding hydrogens is 381 g/mol. The quantitative estimate of drug-likeness (QED) is 0.640. The van der Waals surface area contributed by atoms with Crippen LogP contribution in [0.15, 0.2) is 42.5 Å². The molecule has 0 saturated heterocycles. The van der Waals surface area contributed by atoms with Crippen molar-refractivity contribution in [2.75, 3.05) is 6.61 Å². The van der Waals surface area contributed by atoms with Crippen molar-refractivity contribution in [3.05, 3.63) is 63.8 Å². The highest BCUT2D eigenvalue weighted by atomic mass is 35.5. The van der Waals surface area contributed by atoms with Gasteiger partial charge in [-0.05, 0) is 38.1 Å². The van der Waals surface area contributed by atoms with E-state index in [4.69, 9.17) is 27.9 Å². The topological polar surface area (TPSA) is 39.2 Å². The van der Waals surface area contributed by atoms with Gasteiger partial charge in [0.15, 0.2) is 0 Å². The van der Waals surface area contributed by atoms with Crippen LogP contribution in [0.2, 0.25) is 10.0 Å². The maximum atomic E-state index is 12.6. The van der Waals surface area contributed by atoms with Gasteiger partial charge in [-0.1, -0.05) is 41.4 Å². The minimum absolute atomic E-state index is 0. The molecule has 2 aromatic carbocycles. The van der Waals surface area contributed by atoms with Gasteiger partial charge >= 0.3 is 5.97 Å². The average Bonchev–Trinajstić information content (AvgIpc) is 2.55. The monoisotopic (exact) mass is 394 g/mol. The SMILES string of the molecule is CCOC(=O)c1c(C)nc2ccc(Cl)cc2c1-c1ccccc1Cl.[Cl-]. The highest BCUT2D eigenvalue weighted by molar-refractivity contribution is 6.34. The molecule has 0 bridgehead atoms. The van der Waals surface area contributed by atoms with Gasteiger partial charge in [0.05, 0.1) is 23.4 Å². The summed E-state index contributed by atoms with van der Waals surface area (Å²) in [6.45, 7) is 3.85. The zero-order chi connectivity index (χ0) is 17.3. The molecule has 0 aliphatic carbocycles. The van der Waals surface area contributed by atoms with E-state index in [2.05, 4.69) is 4.98 Å². The molecular formula is C19H15Cl3NO2-. The third-order valence-corrected chi connectivity index (χ3v) is 4.32. The zero-order valence-corrected chi connectivity index (χ0v) is 15.9. The van der Waals surface area contributed by atoms with Gasteiger partial charge in [-0.2, -0.15) is 0 Å². The lowest BCUT2D eigenvalue weighted by Crippen LogP contribution is -3.00. The van der Waals surface area contributed by atoms with Gasteiger partial charge in [0.1, 0.15) is 0 Å². The van der Waals surface area contributed by atoms with Crippen molar-refractivity contribution in [3.8, 4) is 11.1 Å². The van der Waals surface area contributed by atoms with Crippen LogP contribution in [0.4, 0.5) is 0 Å². The summed E-state index contributed by atoms with van der Waals surface area (Å²) in [5.41, 5.74) is 3.21. The van der Waals surface area contributed by atoms with E-state index in [-0.39, 0.29) is 19.0 Å². The van der Waals surface area contributed by atoms with Gasteiger partial charge in [-0.3, -0.25) is 4.98 Å². The normalized spacial score (nSPS) is 10.4. The van der Waals surface area contributed by atoms with Gasteiger partial charge in [0.2, 0.25) is 0 Å². The Morgan fingerprint density at radius 2 is 1.88 bits per heavy atom. The second-order valence-electron chi connectivity index (χ2n) is 5.31. The molecule has 0 saturated carbocycles. The maximum absolute atomic E-state index is 12.6. The fraction of sp³-hybridized carbons (Fsp3) is 0.158. The number of hydrogen-bond donors (Lipinski definition) is 0. The summed E-state index contributed by atoms with van der Waals surface area (Å²) in [6.07, 6.45) is 0. The van der Waals surface area contributed by atoms with E-state index >= 15 is 0 Å². The van der Waals surface area contributed by atoms with E-state index in [1.54, 1.807) is 32.0 Å². The average molecular weight is 396 g/mol. The molecule has 3 aromatic rings. The van der Waals surface area contributed by atoms with Crippen LogP contribution in [0, 0.1) is 6.92 Å². The molecule has 3 rings (SSSR count). The van der Waals surface area contributed by atoms with Crippen LogP contribution in [-0.4, -0.2) is 17.6 Å². The van der Waals surface area contributed by atoms with Crippen LogP contribution in [0.3, 0.4) is 0 Å². The number of fused-ring (bicyclic) bond motifs is 1. The Morgan fingerprint density at radius 3 is 2.56 bits per heavy atom. The van der Waals surface area contributed by atoms with Crippen molar-refractivity contribution in [2.24, 2.45) is 0 Å². The lowest BCUT2D eigenvalue weighted by Gasteiger charge is -2.16. The third-order valence-electron chi connectivity index (χ3n) is 3.75. The Labute approximate surface area is 162 Å². The summed E-state index contributed by atoms with van der Waals surface area (Å²) in [6, 6.07) is 12.8. The molecule has 25 heavy (non-hydrogen) atoms. The minimum Gasteiger partial charge on any atom is -1.00 e. The Morgan fingerprint density at radius 1 is 1.16 bits per heavy atom. The number of carbonyl (C=O) groups excluding carboxylic acids is 1. The first-order valence-corrected chi connectivity index (χ1v) is 8.30. The number of nitrogens with zero attached hydrogens (tertiary/aromatic N) is 1. The van der Waals surface area contributed by atoms with E-state index < -0.39 is 5.97 Å². The predicted molar refractivity (Wildman–Crippen MR) is 97.9 cm³/mol. The molecule has 1 aromatic heterocycles. The number of aryl methyl sites for hydroxylation is 1. The molecule has 0 fully saturated rings. The van der Waals surface area contributed by atoms with Crippen molar-refractivity contribution in [3.63, 3.8) is 0 Å². The summed E-state index contributed by atoms with van der Waals surface area (Å²) in [7, 11) is 0. The Balaban J connectivity index is 0.00000225. The number of benzene rings is 2. The van der Waals surface area contributed by atoms with E-state index in [9.17, 15) is 4.79 Å². The molecule has 0 N–H and O–H groups in total. The molecule has 130 valence electrons. The van der Waals surface area contributed by atoms with Gasteiger partial charge in [-0.15, -0.1) is 0 Å². The molecule has 0 amide bonds. The first-order valence-electron chi connectivity index (χ1n) is 7.54. The standard InChI is InChI=1S/C19H15Cl2NO2.ClH/c1-3-24-19(23)17-11(2)22-16-9-8-12(20)10-14(16)18(17)13-6-4-5-7-15(13)21;/h4-10H,3H2,1-2H3;1H/p-1. The molecule has 3 nitrogen and oxygen atoms in total. The molecule has 0 atom stereocenters. The molecule has 0 aliphatic heterocycles. The summed E-state index contributed by atoms with van der Waals surface area (Å²) < 4.78 is 5.23. The van der Waals surface area contributed by atoms with Crippen molar-refractivity contribution >= 4 is 40.1 Å². The summed E-state index contributed by atoms with van der Waals surface area (Å²) in [5, 5.41) is 1.88. The second-order valence-corrected chi connectivity index (χ2v) is 6.15. The first-order chi connectivity index (χ1) is 11.5. The first kappa shape index (κ1) is 19.5. The molecule has 0 radical (unpaired) electrons. The Kier molecular flexibility index (Phi) is 6.28. The second kappa shape index (κ2) is 8.05. The van der Waals surface area contributed by atoms with E-state index in [1.165, 1.54) is 0 Å². The number of hydrogen-bond acceptors (Lipinski definition) is 3. The molecule has 1 heterocycles. The lowest BCUT2D eigenvalue weighted by atomic mass is 9.94. The highest BCUT2D eigenvalue weighted by Crippen LogP contribution is 2.38. The van der Waals surface area contributed by atoms with E-state index in [0.29, 0.717) is 26.9 Å². The van der Waals surface area contributed by atoms with Crippen molar-refractivity contribution in [1.82, 2.24) is 4.98 Å². The lowest BCUT2D eigenvalue weighted by molar-refractivity contribution is -0.0000232. The third kappa shape index (κ3) is 3.74. The van der Waals surface area contributed by atoms with Crippen LogP contribution in [0.5, 0.6) is 0 Å². The Bertz CT molecular complexity index is 941. The predicted octanol–water partition coefficient (Wildman–Crippen LogP) is 2.70. The molecule has 0 spiro atoms. The fourth-order valence-corrected chi connectivity index (χ4v) is 3.16. The number of aromatic nitrogens is 1. The zero-order valence-electron chi connectivity index (χ0n) is 13.6. The number of carbonyl (C=O) groups is 1. The van der Waals surface area contributed by atoms with Crippen molar-refractivity contribution < 1.29 is 21.9 Å². The summed E-state index contributed by atoms with van der Waals surface area (Å²) in [5.74, 6) is -0.417. The van der Waals surface area contributed by atoms with E-state index in [0.717, 1.165) is 16.5 Å². The maximum Gasteiger partial charge on any atom is 0.340 e. The van der Waals surface area contributed by atoms with Gasteiger partial charge in [-0.25, -0.2) is 4.79 Å². The minimum atomic E-state index is -0.417. The van der Waals surface area contributed by atoms with Gasteiger partial charge < -0.3 is 17.1 Å². The van der Waals surface area contributed by atoms with Gasteiger partial charge in [0, 0.05) is 26.6 Å². The number of rotatable bonds is 3. The largest absolute Gasteiger partial charge is 1.00 e. The fourth-order valence-electron chi connectivity index (χ4n) is 2.75. The molecule has 0 unspecified atom stereocenters. The van der Waals surface area contributed by atoms with Crippen molar-refractivity contribution in [2.45, 2.75) is 13.8 Å². The highest BCUT2D eigenvalue weighted by Gasteiger charge is 2.22. The summed E-state index contributed by atoms with van der Waals surface area (Å²) >= 11 is 12.6.